The molecule has 0 aromatic heterocycles. The fourth-order valence-corrected chi connectivity index (χ4v) is 3.23. The molecule has 1 unspecified atom stereocenters. The zero-order valence-electron chi connectivity index (χ0n) is 13.7. The second-order valence-corrected chi connectivity index (χ2v) is 6.16. The highest BCUT2D eigenvalue weighted by Crippen LogP contribution is 2.33. The van der Waals surface area contributed by atoms with Gasteiger partial charge in [0.25, 0.3) is 0 Å². The van der Waals surface area contributed by atoms with Crippen molar-refractivity contribution in [3.63, 3.8) is 0 Å². The van der Waals surface area contributed by atoms with Crippen LogP contribution in [0.4, 0.5) is 21.0 Å². The van der Waals surface area contributed by atoms with Crippen LogP contribution in [0.3, 0.4) is 0 Å². The number of benzene rings is 2. The molecule has 25 heavy (non-hydrogen) atoms. The quantitative estimate of drug-likeness (QED) is 0.930. The summed E-state index contributed by atoms with van der Waals surface area (Å²) >= 11 is 0. The predicted octanol–water partition coefficient (Wildman–Crippen LogP) is 3.62. The van der Waals surface area contributed by atoms with Gasteiger partial charge in [-0.05, 0) is 30.2 Å². The molecule has 2 aromatic rings. The zero-order chi connectivity index (χ0) is 17.2. The van der Waals surface area contributed by atoms with E-state index in [-0.39, 0.29) is 18.2 Å². The van der Waals surface area contributed by atoms with Crippen LogP contribution in [0.2, 0.25) is 0 Å². The van der Waals surface area contributed by atoms with Crippen LogP contribution in [-0.4, -0.2) is 36.7 Å². The van der Waals surface area contributed by atoms with Gasteiger partial charge in [-0.2, -0.15) is 0 Å². The van der Waals surface area contributed by atoms with Gasteiger partial charge < -0.3 is 15.0 Å². The minimum atomic E-state index is -0.352. The number of rotatable bonds is 3. The molecule has 1 N–H and O–H groups in total. The number of nitrogens with one attached hydrogen (secondary N) is 1. The maximum atomic E-state index is 12.6. The van der Waals surface area contributed by atoms with Gasteiger partial charge in [-0.25, -0.2) is 9.59 Å². The number of carbonyl (C=O) groups excluding carboxylic acids is 2. The molecule has 3 amide bonds. The molecule has 0 radical (unpaired) electrons. The van der Waals surface area contributed by atoms with Crippen molar-refractivity contribution in [1.29, 1.82) is 0 Å². The van der Waals surface area contributed by atoms with Crippen molar-refractivity contribution in [3.8, 4) is 0 Å². The third kappa shape index (κ3) is 3.03. The monoisotopic (exact) mass is 337 g/mol. The number of carbonyl (C=O) groups is 2. The summed E-state index contributed by atoms with van der Waals surface area (Å²) < 4.78 is 4.96. The van der Waals surface area contributed by atoms with Crippen LogP contribution < -0.4 is 10.2 Å². The topological polar surface area (TPSA) is 61.9 Å². The number of hydrogen-bond acceptors (Lipinski definition) is 3. The standard InChI is InChI=1S/C19H19N3O3/c23-18(22-10-9-17(22)14-5-2-1-3-6-14)20-15-7-4-8-16(13-15)21-11-12-25-19(21)24/h1-8,13,17H,9-12H2,(H,20,23). The van der Waals surface area contributed by atoms with E-state index in [0.717, 1.165) is 24.2 Å². The number of hydrogen-bond donors (Lipinski definition) is 1. The van der Waals surface area contributed by atoms with E-state index in [1.807, 2.05) is 53.4 Å². The largest absolute Gasteiger partial charge is 0.447 e. The lowest BCUT2D eigenvalue weighted by Gasteiger charge is -2.41. The predicted molar refractivity (Wildman–Crippen MR) is 94.7 cm³/mol. The molecule has 0 saturated carbocycles. The Labute approximate surface area is 146 Å². The molecule has 2 saturated heterocycles. The zero-order valence-corrected chi connectivity index (χ0v) is 13.7. The molecule has 0 bridgehead atoms. The second-order valence-electron chi connectivity index (χ2n) is 6.16. The molecule has 0 aliphatic carbocycles. The second kappa shape index (κ2) is 6.47. The van der Waals surface area contributed by atoms with Crippen LogP contribution in [0.25, 0.3) is 0 Å². The van der Waals surface area contributed by atoms with Gasteiger partial charge in [-0.1, -0.05) is 36.4 Å². The summed E-state index contributed by atoms with van der Waals surface area (Å²) in [5.41, 5.74) is 2.54. The molecule has 0 spiro atoms. The van der Waals surface area contributed by atoms with Crippen molar-refractivity contribution in [3.05, 3.63) is 60.2 Å². The van der Waals surface area contributed by atoms with Crippen LogP contribution >= 0.6 is 0 Å². The van der Waals surface area contributed by atoms with Gasteiger partial charge in [-0.3, -0.25) is 4.90 Å². The Morgan fingerprint density at radius 3 is 2.60 bits per heavy atom. The highest BCUT2D eigenvalue weighted by atomic mass is 16.6. The first-order chi connectivity index (χ1) is 12.2. The smallest absolute Gasteiger partial charge is 0.414 e. The van der Waals surface area contributed by atoms with Crippen LogP contribution in [0, 0.1) is 0 Å². The van der Waals surface area contributed by atoms with Gasteiger partial charge in [-0.15, -0.1) is 0 Å². The lowest BCUT2D eigenvalue weighted by molar-refractivity contribution is 0.126. The maximum Gasteiger partial charge on any atom is 0.414 e. The van der Waals surface area contributed by atoms with Crippen molar-refractivity contribution in [2.24, 2.45) is 0 Å². The van der Waals surface area contributed by atoms with E-state index in [1.54, 1.807) is 11.0 Å². The van der Waals surface area contributed by atoms with Crippen molar-refractivity contribution in [2.45, 2.75) is 12.5 Å². The van der Waals surface area contributed by atoms with E-state index in [1.165, 1.54) is 0 Å². The van der Waals surface area contributed by atoms with Crippen molar-refractivity contribution >= 4 is 23.5 Å². The summed E-state index contributed by atoms with van der Waals surface area (Å²) in [6, 6.07) is 17.3. The van der Waals surface area contributed by atoms with Crippen molar-refractivity contribution in [1.82, 2.24) is 4.90 Å². The Hall–Kier alpha value is -3.02. The third-order valence-corrected chi connectivity index (χ3v) is 4.63. The molecule has 2 fully saturated rings. The number of anilines is 2. The first kappa shape index (κ1) is 15.5. The number of ether oxygens (including phenoxy) is 1. The highest BCUT2D eigenvalue weighted by molar-refractivity contribution is 5.93. The Kier molecular flexibility index (Phi) is 4.01. The van der Waals surface area contributed by atoms with Gasteiger partial charge in [0.1, 0.15) is 6.61 Å². The highest BCUT2D eigenvalue weighted by Gasteiger charge is 2.33. The molecule has 2 heterocycles. The van der Waals surface area contributed by atoms with Crippen LogP contribution in [-0.2, 0) is 4.74 Å². The molecule has 2 aromatic carbocycles. The van der Waals surface area contributed by atoms with E-state index in [9.17, 15) is 9.59 Å². The van der Waals surface area contributed by atoms with Gasteiger partial charge in [0.2, 0.25) is 0 Å². The summed E-state index contributed by atoms with van der Waals surface area (Å²) in [6.45, 7) is 1.66. The number of likely N-dealkylation sites (tertiary alicyclic amines) is 1. The number of nitrogens with zero attached hydrogens (tertiary/aromatic N) is 2. The SMILES string of the molecule is O=C1OCCN1c1cccc(NC(=O)N2CCC2c2ccccc2)c1. The maximum absolute atomic E-state index is 12.6. The minimum Gasteiger partial charge on any atom is -0.447 e. The van der Waals surface area contributed by atoms with Crippen molar-refractivity contribution in [2.75, 3.05) is 29.9 Å². The molecular formula is C19H19N3O3. The van der Waals surface area contributed by atoms with Gasteiger partial charge in [0.05, 0.1) is 12.6 Å². The van der Waals surface area contributed by atoms with Crippen LogP contribution in [0.5, 0.6) is 0 Å². The molecule has 2 aliphatic heterocycles. The molecule has 128 valence electrons. The van der Waals surface area contributed by atoms with Crippen LogP contribution in [0.1, 0.15) is 18.0 Å². The first-order valence-corrected chi connectivity index (χ1v) is 8.39. The van der Waals surface area contributed by atoms with E-state index in [2.05, 4.69) is 5.32 Å². The van der Waals surface area contributed by atoms with E-state index in [0.29, 0.717) is 18.8 Å². The molecule has 6 heteroatoms. The molecule has 4 rings (SSSR count). The summed E-state index contributed by atoms with van der Waals surface area (Å²) in [6.07, 6.45) is 0.618. The van der Waals surface area contributed by atoms with Gasteiger partial charge >= 0.3 is 12.1 Å². The van der Waals surface area contributed by atoms with E-state index in [4.69, 9.17) is 4.74 Å². The normalized spacial score (nSPS) is 19.4. The van der Waals surface area contributed by atoms with Gasteiger partial charge in [0.15, 0.2) is 0 Å². The minimum absolute atomic E-state index is 0.123. The molecule has 1 atom stereocenters. The number of amides is 3. The summed E-state index contributed by atoms with van der Waals surface area (Å²) in [5, 5.41) is 2.93. The van der Waals surface area contributed by atoms with Gasteiger partial charge in [0, 0.05) is 17.9 Å². The molecular weight excluding hydrogens is 318 g/mol. The Morgan fingerprint density at radius 2 is 1.92 bits per heavy atom. The molecule has 6 nitrogen and oxygen atoms in total. The summed E-state index contributed by atoms with van der Waals surface area (Å²) in [5.74, 6) is 0. The Morgan fingerprint density at radius 1 is 1.08 bits per heavy atom. The number of cyclic esters (lactones) is 1. The first-order valence-electron chi connectivity index (χ1n) is 8.39. The summed E-state index contributed by atoms with van der Waals surface area (Å²) in [4.78, 5) is 27.7. The fraction of sp³-hybridized carbons (Fsp3) is 0.263. The van der Waals surface area contributed by atoms with E-state index >= 15 is 0 Å². The van der Waals surface area contributed by atoms with Crippen molar-refractivity contribution < 1.29 is 14.3 Å². The Bertz CT molecular complexity index is 794. The average Bonchev–Trinajstić information content (AvgIpc) is 3.01. The fourth-order valence-electron chi connectivity index (χ4n) is 3.23. The molecule has 2 aliphatic rings. The number of urea groups is 1. The summed E-state index contributed by atoms with van der Waals surface area (Å²) in [7, 11) is 0. The third-order valence-electron chi connectivity index (χ3n) is 4.63. The lowest BCUT2D eigenvalue weighted by atomic mass is 9.95. The van der Waals surface area contributed by atoms with E-state index < -0.39 is 0 Å². The Balaban J connectivity index is 1.45. The lowest BCUT2D eigenvalue weighted by Crippen LogP contribution is -2.47. The van der Waals surface area contributed by atoms with Crippen LogP contribution in [0.15, 0.2) is 54.6 Å². The average molecular weight is 337 g/mol.